The van der Waals surface area contributed by atoms with Crippen molar-refractivity contribution in [3.05, 3.63) is 107 Å². The molecule has 1 amide bonds. The van der Waals surface area contributed by atoms with Gasteiger partial charge < -0.3 is 4.90 Å². The topological polar surface area (TPSA) is 51.0 Å². The number of fused-ring (bicyclic) bond motifs is 1. The third kappa shape index (κ3) is 4.56. The Labute approximate surface area is 196 Å². The summed E-state index contributed by atoms with van der Waals surface area (Å²) >= 11 is 1.69. The number of aromatic nitrogens is 3. The van der Waals surface area contributed by atoms with Gasteiger partial charge in [0.05, 0.1) is 11.1 Å². The Hall–Kier alpha value is -3.77. The Bertz CT molecular complexity index is 1320. The molecule has 0 aliphatic carbocycles. The molecule has 0 bridgehead atoms. The molecule has 3 aromatic heterocycles. The van der Waals surface area contributed by atoms with E-state index in [9.17, 15) is 4.79 Å². The molecule has 0 unspecified atom stereocenters. The fourth-order valence-corrected chi connectivity index (χ4v) is 4.85. The molecule has 0 spiro atoms. The zero-order valence-electron chi connectivity index (χ0n) is 18.4. The summed E-state index contributed by atoms with van der Waals surface area (Å²) in [7, 11) is 0. The van der Waals surface area contributed by atoms with Crippen LogP contribution in [0.2, 0.25) is 0 Å². The summed E-state index contributed by atoms with van der Waals surface area (Å²) in [6.07, 6.45) is 1.80. The molecule has 2 aromatic carbocycles. The van der Waals surface area contributed by atoms with Gasteiger partial charge in [0.25, 0.3) is 0 Å². The lowest BCUT2D eigenvalue weighted by Gasteiger charge is -2.23. The van der Waals surface area contributed by atoms with Gasteiger partial charge in [-0.3, -0.25) is 4.79 Å². The van der Waals surface area contributed by atoms with Crippen molar-refractivity contribution in [3.8, 4) is 10.4 Å². The maximum Gasteiger partial charge on any atom is 0.244 e. The van der Waals surface area contributed by atoms with Crippen molar-refractivity contribution in [1.82, 2.24) is 19.7 Å². The van der Waals surface area contributed by atoms with E-state index in [-0.39, 0.29) is 12.5 Å². The molecule has 0 aliphatic rings. The minimum Gasteiger partial charge on any atom is -0.332 e. The van der Waals surface area contributed by atoms with Crippen LogP contribution in [-0.4, -0.2) is 25.6 Å². The molecule has 0 saturated carbocycles. The summed E-state index contributed by atoms with van der Waals surface area (Å²) < 4.78 is 1.74. The van der Waals surface area contributed by atoms with Crippen LogP contribution in [0.4, 0.5) is 0 Å². The molecule has 6 heteroatoms. The number of pyridine rings is 1. The summed E-state index contributed by atoms with van der Waals surface area (Å²) in [6.45, 7) is 3.21. The first-order valence-corrected chi connectivity index (χ1v) is 11.8. The number of carbonyl (C=O) groups excluding carboxylic acids is 1. The largest absolute Gasteiger partial charge is 0.332 e. The van der Waals surface area contributed by atoms with Crippen molar-refractivity contribution >= 4 is 28.3 Å². The van der Waals surface area contributed by atoms with E-state index in [1.807, 2.05) is 84.6 Å². The van der Waals surface area contributed by atoms with Crippen LogP contribution in [0.15, 0.2) is 90.4 Å². The van der Waals surface area contributed by atoms with Crippen LogP contribution in [0.3, 0.4) is 0 Å². The number of thiophene rings is 1. The van der Waals surface area contributed by atoms with E-state index in [0.717, 1.165) is 33.4 Å². The molecule has 0 atom stereocenters. The molecule has 0 saturated heterocycles. The van der Waals surface area contributed by atoms with Gasteiger partial charge in [-0.2, -0.15) is 5.10 Å². The van der Waals surface area contributed by atoms with Crippen LogP contribution in [0.25, 0.3) is 21.5 Å². The number of rotatable bonds is 7. The van der Waals surface area contributed by atoms with Gasteiger partial charge in [0.15, 0.2) is 5.65 Å². The number of hydrogen-bond donors (Lipinski definition) is 0. The molecule has 5 rings (SSSR count). The SMILES string of the molecule is Cc1nn(CC(=O)N(Cc2ccccc2)Cc2ccccc2)c2nccc(-c3cccs3)c12. The fourth-order valence-electron chi connectivity index (χ4n) is 4.10. The van der Waals surface area contributed by atoms with E-state index in [0.29, 0.717) is 13.1 Å². The highest BCUT2D eigenvalue weighted by Gasteiger charge is 2.20. The first kappa shape index (κ1) is 21.1. The van der Waals surface area contributed by atoms with Crippen molar-refractivity contribution in [1.29, 1.82) is 0 Å². The number of benzene rings is 2. The van der Waals surface area contributed by atoms with Gasteiger partial charge in [0.2, 0.25) is 5.91 Å². The second-order valence-electron chi connectivity index (χ2n) is 8.00. The molecular formula is C27H24N4OS. The molecule has 5 nitrogen and oxygen atoms in total. The highest BCUT2D eigenvalue weighted by Crippen LogP contribution is 2.32. The summed E-state index contributed by atoms with van der Waals surface area (Å²) in [6, 6.07) is 26.3. The van der Waals surface area contributed by atoms with Crippen LogP contribution in [0.5, 0.6) is 0 Å². The average Bonchev–Trinajstić information content (AvgIpc) is 3.49. The lowest BCUT2D eigenvalue weighted by molar-refractivity contribution is -0.133. The van der Waals surface area contributed by atoms with E-state index in [4.69, 9.17) is 5.10 Å². The van der Waals surface area contributed by atoms with Gasteiger partial charge >= 0.3 is 0 Å². The molecule has 0 fully saturated rings. The van der Waals surface area contributed by atoms with Crippen molar-refractivity contribution in [2.24, 2.45) is 0 Å². The van der Waals surface area contributed by atoms with Gasteiger partial charge in [0.1, 0.15) is 6.54 Å². The fraction of sp³-hybridized carbons (Fsp3) is 0.148. The number of aryl methyl sites for hydroxylation is 1. The quantitative estimate of drug-likeness (QED) is 0.318. The standard InChI is InChI=1S/C27H24N4OS/c1-20-26-23(24-13-8-16-33-24)14-15-28-27(26)31(29-20)19-25(32)30(17-21-9-4-2-5-10-21)18-22-11-6-3-7-12-22/h2-16H,17-19H2,1H3. The first-order valence-electron chi connectivity index (χ1n) is 10.9. The van der Waals surface area contributed by atoms with E-state index in [1.54, 1.807) is 22.2 Å². The second kappa shape index (κ2) is 9.38. The Morgan fingerprint density at radius 2 is 1.58 bits per heavy atom. The van der Waals surface area contributed by atoms with E-state index in [1.165, 1.54) is 4.88 Å². The molecule has 0 N–H and O–H groups in total. The van der Waals surface area contributed by atoms with Crippen LogP contribution in [0, 0.1) is 6.92 Å². The van der Waals surface area contributed by atoms with Crippen molar-refractivity contribution in [2.75, 3.05) is 0 Å². The summed E-state index contributed by atoms with van der Waals surface area (Å²) in [5, 5.41) is 7.78. The molecule has 33 heavy (non-hydrogen) atoms. The highest BCUT2D eigenvalue weighted by molar-refractivity contribution is 7.13. The zero-order valence-corrected chi connectivity index (χ0v) is 19.2. The Balaban J connectivity index is 1.46. The summed E-state index contributed by atoms with van der Waals surface area (Å²) in [4.78, 5) is 21.2. The Morgan fingerprint density at radius 3 is 2.18 bits per heavy atom. The van der Waals surface area contributed by atoms with Crippen LogP contribution in [0.1, 0.15) is 16.8 Å². The van der Waals surface area contributed by atoms with E-state index < -0.39 is 0 Å². The average molecular weight is 453 g/mol. The lowest BCUT2D eigenvalue weighted by Crippen LogP contribution is -2.33. The molecule has 164 valence electrons. The minimum atomic E-state index is 0.00966. The second-order valence-corrected chi connectivity index (χ2v) is 8.95. The third-order valence-electron chi connectivity index (χ3n) is 5.66. The van der Waals surface area contributed by atoms with Gasteiger partial charge in [-0.1, -0.05) is 66.7 Å². The molecule has 5 aromatic rings. The summed E-state index contributed by atoms with van der Waals surface area (Å²) in [5.41, 5.74) is 4.93. The maximum atomic E-state index is 13.5. The van der Waals surface area contributed by atoms with Crippen molar-refractivity contribution in [2.45, 2.75) is 26.6 Å². The van der Waals surface area contributed by atoms with E-state index in [2.05, 4.69) is 16.4 Å². The Kier molecular flexibility index (Phi) is 6.00. The first-order chi connectivity index (χ1) is 16.2. The number of nitrogens with zero attached hydrogens (tertiary/aromatic N) is 4. The van der Waals surface area contributed by atoms with Crippen LogP contribution >= 0.6 is 11.3 Å². The third-order valence-corrected chi connectivity index (χ3v) is 6.57. The van der Waals surface area contributed by atoms with Crippen LogP contribution in [-0.2, 0) is 24.4 Å². The van der Waals surface area contributed by atoms with E-state index >= 15 is 0 Å². The predicted octanol–water partition coefficient (Wildman–Crippen LogP) is 5.70. The minimum absolute atomic E-state index is 0.00966. The van der Waals surface area contributed by atoms with Gasteiger partial charge in [-0.25, -0.2) is 9.67 Å². The monoisotopic (exact) mass is 452 g/mol. The number of carbonyl (C=O) groups is 1. The van der Waals surface area contributed by atoms with Crippen molar-refractivity contribution < 1.29 is 4.79 Å². The number of hydrogen-bond acceptors (Lipinski definition) is 4. The molecule has 0 radical (unpaired) electrons. The highest BCUT2D eigenvalue weighted by atomic mass is 32.1. The molecule has 0 aliphatic heterocycles. The molecular weight excluding hydrogens is 428 g/mol. The number of amides is 1. The lowest BCUT2D eigenvalue weighted by atomic mass is 10.1. The maximum absolute atomic E-state index is 13.5. The van der Waals surface area contributed by atoms with Gasteiger partial charge in [-0.15, -0.1) is 11.3 Å². The summed E-state index contributed by atoms with van der Waals surface area (Å²) in [5.74, 6) is 0.00966. The predicted molar refractivity (Wildman–Crippen MR) is 133 cm³/mol. The molecule has 3 heterocycles. The zero-order chi connectivity index (χ0) is 22.6. The van der Waals surface area contributed by atoms with Crippen molar-refractivity contribution in [3.63, 3.8) is 0 Å². The Morgan fingerprint density at radius 1 is 0.909 bits per heavy atom. The van der Waals surface area contributed by atoms with Gasteiger partial charge in [0, 0.05) is 29.7 Å². The van der Waals surface area contributed by atoms with Crippen LogP contribution < -0.4 is 0 Å². The van der Waals surface area contributed by atoms with Gasteiger partial charge in [-0.05, 0) is 35.6 Å². The smallest absolute Gasteiger partial charge is 0.244 e. The normalized spacial score (nSPS) is 11.1.